The maximum atomic E-state index is 13.1. The first-order chi connectivity index (χ1) is 12.5. The number of methoxy groups -OCH3 is 1. The van der Waals surface area contributed by atoms with Gasteiger partial charge in [0.1, 0.15) is 23.1 Å². The molecule has 1 aliphatic rings. The molecule has 0 bridgehead atoms. The highest BCUT2D eigenvalue weighted by atomic mass is 16.5. The number of rotatable bonds is 4. The van der Waals surface area contributed by atoms with Gasteiger partial charge in [-0.05, 0) is 12.5 Å². The number of pyridine rings is 1. The van der Waals surface area contributed by atoms with Crippen LogP contribution in [-0.2, 0) is 13.5 Å². The van der Waals surface area contributed by atoms with Crippen molar-refractivity contribution in [1.82, 2.24) is 4.57 Å². The number of aryl methyl sites for hydroxylation is 1. The molecule has 2 heterocycles. The summed E-state index contributed by atoms with van der Waals surface area (Å²) in [5.74, 6) is 0.385. The van der Waals surface area contributed by atoms with Crippen molar-refractivity contribution in [2.75, 3.05) is 7.11 Å². The van der Waals surface area contributed by atoms with Crippen LogP contribution in [0.5, 0.6) is 11.5 Å². The van der Waals surface area contributed by atoms with Crippen LogP contribution in [0.25, 0.3) is 0 Å². The fourth-order valence-corrected chi connectivity index (χ4v) is 3.38. The Bertz CT molecular complexity index is 983. The molecule has 1 aromatic carbocycles. The number of nitriles is 1. The van der Waals surface area contributed by atoms with Crippen LogP contribution < -0.4 is 20.8 Å². The summed E-state index contributed by atoms with van der Waals surface area (Å²) in [6.07, 6.45) is 1.65. The first kappa shape index (κ1) is 17.6. The molecule has 3 rings (SSSR count). The molecule has 0 saturated heterocycles. The van der Waals surface area contributed by atoms with Crippen LogP contribution in [0.15, 0.2) is 46.6 Å². The van der Waals surface area contributed by atoms with Crippen molar-refractivity contribution >= 4 is 0 Å². The molecule has 0 radical (unpaired) electrons. The lowest BCUT2D eigenvalue weighted by Crippen LogP contribution is -2.32. The van der Waals surface area contributed by atoms with Crippen LogP contribution in [0.1, 0.15) is 36.1 Å². The molecule has 6 heteroatoms. The van der Waals surface area contributed by atoms with Crippen molar-refractivity contribution in [2.45, 2.75) is 25.7 Å². The fraction of sp³-hybridized carbons (Fsp3) is 0.300. The largest absolute Gasteiger partial charge is 0.496 e. The third-order valence-corrected chi connectivity index (χ3v) is 4.67. The van der Waals surface area contributed by atoms with Crippen molar-refractivity contribution in [3.63, 3.8) is 0 Å². The van der Waals surface area contributed by atoms with E-state index in [2.05, 4.69) is 6.07 Å². The van der Waals surface area contributed by atoms with Gasteiger partial charge in [0, 0.05) is 24.4 Å². The molecule has 26 heavy (non-hydrogen) atoms. The van der Waals surface area contributed by atoms with Gasteiger partial charge in [0.25, 0.3) is 5.56 Å². The van der Waals surface area contributed by atoms with E-state index in [-0.39, 0.29) is 17.0 Å². The van der Waals surface area contributed by atoms with Crippen LogP contribution >= 0.6 is 0 Å². The normalized spacial score (nSPS) is 15.8. The molecule has 2 N–H and O–H groups in total. The average molecular weight is 351 g/mol. The molecule has 0 saturated carbocycles. The molecule has 2 aromatic rings. The second-order valence-corrected chi connectivity index (χ2v) is 6.19. The standard InChI is InChI=1S/C20H21N3O3/c1-4-7-12-10-16-18(20(24)23(12)2)17(14(11-21)19(22)26-16)13-8-5-6-9-15(13)25-3/h5-6,8-10,17H,4,7,22H2,1-3H3. The van der Waals surface area contributed by atoms with Crippen LogP contribution in [0, 0.1) is 11.3 Å². The topological polar surface area (TPSA) is 90.3 Å². The highest BCUT2D eigenvalue weighted by Gasteiger charge is 2.35. The average Bonchev–Trinajstić information content (AvgIpc) is 2.65. The number of hydrogen-bond donors (Lipinski definition) is 1. The van der Waals surface area contributed by atoms with Gasteiger partial charge in [-0.15, -0.1) is 0 Å². The third-order valence-electron chi connectivity index (χ3n) is 4.67. The number of hydrogen-bond acceptors (Lipinski definition) is 5. The summed E-state index contributed by atoms with van der Waals surface area (Å²) < 4.78 is 12.7. The zero-order chi connectivity index (χ0) is 18.8. The number of nitrogens with two attached hydrogens (primary N) is 1. The van der Waals surface area contributed by atoms with Crippen molar-refractivity contribution < 1.29 is 9.47 Å². The Morgan fingerprint density at radius 1 is 1.38 bits per heavy atom. The van der Waals surface area contributed by atoms with E-state index in [0.717, 1.165) is 18.5 Å². The molecule has 1 aromatic heterocycles. The van der Waals surface area contributed by atoms with Crippen LogP contribution in [0.3, 0.4) is 0 Å². The van der Waals surface area contributed by atoms with E-state index in [1.54, 1.807) is 24.8 Å². The van der Waals surface area contributed by atoms with E-state index in [4.69, 9.17) is 15.2 Å². The first-order valence-corrected chi connectivity index (χ1v) is 8.46. The van der Waals surface area contributed by atoms with Gasteiger partial charge < -0.3 is 19.8 Å². The minimum atomic E-state index is -0.630. The second kappa shape index (κ2) is 6.96. The Morgan fingerprint density at radius 3 is 2.77 bits per heavy atom. The summed E-state index contributed by atoms with van der Waals surface area (Å²) in [6.45, 7) is 2.05. The summed E-state index contributed by atoms with van der Waals surface area (Å²) in [5, 5.41) is 9.66. The number of fused-ring (bicyclic) bond motifs is 1. The SMILES string of the molecule is CCCc1cc2c(c(=O)n1C)C(c1ccccc1OC)C(C#N)=C(N)O2. The lowest BCUT2D eigenvalue weighted by Gasteiger charge is -2.28. The van der Waals surface area contributed by atoms with Gasteiger partial charge in [-0.3, -0.25) is 4.79 Å². The van der Waals surface area contributed by atoms with Crippen molar-refractivity contribution in [3.05, 3.63) is 69.0 Å². The Kier molecular flexibility index (Phi) is 4.72. The van der Waals surface area contributed by atoms with Gasteiger partial charge in [0.05, 0.1) is 18.6 Å². The number of benzene rings is 1. The van der Waals surface area contributed by atoms with E-state index in [0.29, 0.717) is 22.6 Å². The fourth-order valence-electron chi connectivity index (χ4n) is 3.38. The highest BCUT2D eigenvalue weighted by Crippen LogP contribution is 2.43. The van der Waals surface area contributed by atoms with E-state index < -0.39 is 5.92 Å². The number of allylic oxidation sites excluding steroid dienone is 1. The van der Waals surface area contributed by atoms with Crippen LogP contribution in [0.4, 0.5) is 0 Å². The van der Waals surface area contributed by atoms with Gasteiger partial charge in [0.15, 0.2) is 0 Å². The van der Waals surface area contributed by atoms with E-state index in [1.807, 2.05) is 31.2 Å². The molecule has 0 spiro atoms. The monoisotopic (exact) mass is 351 g/mol. The number of para-hydroxylation sites is 1. The van der Waals surface area contributed by atoms with Gasteiger partial charge in [0.2, 0.25) is 5.88 Å². The minimum absolute atomic E-state index is 0.0200. The quantitative estimate of drug-likeness (QED) is 0.914. The summed E-state index contributed by atoms with van der Waals surface area (Å²) in [7, 11) is 3.29. The molecule has 1 aliphatic heterocycles. The predicted molar refractivity (Wildman–Crippen MR) is 98.0 cm³/mol. The lowest BCUT2D eigenvalue weighted by atomic mass is 9.83. The Labute approximate surface area is 152 Å². The number of aromatic nitrogens is 1. The van der Waals surface area contributed by atoms with Crippen molar-refractivity contribution in [2.24, 2.45) is 12.8 Å². The summed E-state index contributed by atoms with van der Waals surface area (Å²) in [6, 6.07) is 11.3. The zero-order valence-corrected chi connectivity index (χ0v) is 15.1. The zero-order valence-electron chi connectivity index (χ0n) is 15.1. The molecular formula is C20H21N3O3. The van der Waals surface area contributed by atoms with Gasteiger partial charge in [-0.25, -0.2) is 0 Å². The summed E-state index contributed by atoms with van der Waals surface area (Å²) in [4.78, 5) is 13.1. The maximum absolute atomic E-state index is 13.1. The van der Waals surface area contributed by atoms with E-state index >= 15 is 0 Å². The van der Waals surface area contributed by atoms with E-state index in [9.17, 15) is 10.1 Å². The molecule has 6 nitrogen and oxygen atoms in total. The molecule has 134 valence electrons. The molecule has 0 aliphatic carbocycles. The minimum Gasteiger partial charge on any atom is -0.496 e. The smallest absolute Gasteiger partial charge is 0.258 e. The van der Waals surface area contributed by atoms with Crippen molar-refractivity contribution in [3.8, 4) is 17.6 Å². The molecule has 0 fully saturated rings. The van der Waals surface area contributed by atoms with Gasteiger partial charge in [-0.2, -0.15) is 5.26 Å². The molecule has 1 atom stereocenters. The first-order valence-electron chi connectivity index (χ1n) is 8.46. The summed E-state index contributed by atoms with van der Waals surface area (Å²) in [5.41, 5.74) is 8.02. The second-order valence-electron chi connectivity index (χ2n) is 6.19. The van der Waals surface area contributed by atoms with E-state index in [1.165, 1.54) is 0 Å². The predicted octanol–water partition coefficient (Wildman–Crippen LogP) is 2.56. The summed E-state index contributed by atoms with van der Waals surface area (Å²) >= 11 is 0. The third kappa shape index (κ3) is 2.72. The highest BCUT2D eigenvalue weighted by molar-refractivity contribution is 5.58. The maximum Gasteiger partial charge on any atom is 0.258 e. The number of nitrogens with zero attached hydrogens (tertiary/aromatic N) is 2. The Hall–Kier alpha value is -3.20. The Morgan fingerprint density at radius 2 is 2.12 bits per heavy atom. The van der Waals surface area contributed by atoms with Gasteiger partial charge >= 0.3 is 0 Å². The molecular weight excluding hydrogens is 330 g/mol. The van der Waals surface area contributed by atoms with Gasteiger partial charge in [-0.1, -0.05) is 31.5 Å². The number of ether oxygens (including phenoxy) is 2. The molecule has 0 amide bonds. The van der Waals surface area contributed by atoms with Crippen LogP contribution in [0.2, 0.25) is 0 Å². The van der Waals surface area contributed by atoms with Crippen LogP contribution in [-0.4, -0.2) is 11.7 Å². The lowest BCUT2D eigenvalue weighted by molar-refractivity contribution is 0.383. The van der Waals surface area contributed by atoms with Crippen molar-refractivity contribution in [1.29, 1.82) is 5.26 Å². The molecule has 1 unspecified atom stereocenters. The Balaban J connectivity index is 2.33.